The first kappa shape index (κ1) is 12.3. The highest BCUT2D eigenvalue weighted by molar-refractivity contribution is 5.94. The third-order valence-corrected chi connectivity index (χ3v) is 2.71. The minimum absolute atomic E-state index is 0.216. The van der Waals surface area contributed by atoms with Gasteiger partial charge in [0.05, 0.1) is 12.2 Å². The molecule has 0 fully saturated rings. The molecule has 0 spiro atoms. The van der Waals surface area contributed by atoms with Crippen molar-refractivity contribution in [3.63, 3.8) is 0 Å². The van der Waals surface area contributed by atoms with Crippen LogP contribution in [0.1, 0.15) is 11.1 Å². The first-order valence-electron chi connectivity index (χ1n) is 5.77. The van der Waals surface area contributed by atoms with Crippen molar-refractivity contribution in [3.8, 4) is 0 Å². The van der Waals surface area contributed by atoms with Crippen LogP contribution in [0, 0.1) is 6.92 Å². The summed E-state index contributed by atoms with van der Waals surface area (Å²) in [5, 5.41) is 9.28. The van der Waals surface area contributed by atoms with E-state index >= 15 is 0 Å². The summed E-state index contributed by atoms with van der Waals surface area (Å²) in [5.74, 6) is 0.384. The zero-order valence-electron chi connectivity index (χ0n) is 10.2. The topological polar surface area (TPSA) is 83.8 Å². The lowest BCUT2D eigenvalue weighted by molar-refractivity contribution is -0.117. The largest absolute Gasteiger partial charge is 0.320 e. The molecule has 1 heterocycles. The molecule has 0 bridgehead atoms. The first-order valence-corrected chi connectivity index (χ1v) is 5.77. The third kappa shape index (κ3) is 2.95. The number of nitrogens with two attached hydrogens (primary N) is 1. The molecule has 0 aliphatic carbocycles. The minimum atomic E-state index is -0.574. The molecule has 1 aromatic carbocycles. The molecule has 1 atom stereocenters. The van der Waals surface area contributed by atoms with Crippen LogP contribution in [-0.4, -0.2) is 22.1 Å². The standard InChI is InChI=1S/C13H16N4O/c1-9-8-15-17-12(9)16-13(18)11(14)7-10-5-3-2-4-6-10/h2-6,8,11H,7,14H2,1H3,(H2,15,16,17,18)/t11-/m0/s1. The molecule has 18 heavy (non-hydrogen) atoms. The Kier molecular flexibility index (Phi) is 3.74. The lowest BCUT2D eigenvalue weighted by Crippen LogP contribution is -2.37. The molecule has 1 amide bonds. The maximum absolute atomic E-state index is 11.9. The van der Waals surface area contributed by atoms with E-state index in [0.717, 1.165) is 11.1 Å². The van der Waals surface area contributed by atoms with E-state index in [1.807, 2.05) is 37.3 Å². The van der Waals surface area contributed by atoms with E-state index in [1.165, 1.54) is 0 Å². The third-order valence-electron chi connectivity index (χ3n) is 2.71. The quantitative estimate of drug-likeness (QED) is 0.756. The lowest BCUT2D eigenvalue weighted by atomic mass is 10.1. The van der Waals surface area contributed by atoms with Crippen molar-refractivity contribution < 1.29 is 4.79 Å². The summed E-state index contributed by atoms with van der Waals surface area (Å²) in [6.45, 7) is 1.86. The fourth-order valence-electron chi connectivity index (χ4n) is 1.65. The number of amides is 1. The van der Waals surface area contributed by atoms with Gasteiger partial charge in [-0.2, -0.15) is 5.10 Å². The van der Waals surface area contributed by atoms with Crippen LogP contribution in [0.5, 0.6) is 0 Å². The minimum Gasteiger partial charge on any atom is -0.320 e. The zero-order chi connectivity index (χ0) is 13.0. The summed E-state index contributed by atoms with van der Waals surface area (Å²) < 4.78 is 0. The summed E-state index contributed by atoms with van der Waals surface area (Å²) in [5.41, 5.74) is 7.80. The smallest absolute Gasteiger partial charge is 0.242 e. The van der Waals surface area contributed by atoms with Crippen LogP contribution in [0.3, 0.4) is 0 Å². The van der Waals surface area contributed by atoms with Crippen molar-refractivity contribution in [2.24, 2.45) is 5.73 Å². The second kappa shape index (κ2) is 5.46. The first-order chi connectivity index (χ1) is 8.66. The molecule has 2 aromatic rings. The molecule has 0 radical (unpaired) electrons. The monoisotopic (exact) mass is 244 g/mol. The van der Waals surface area contributed by atoms with E-state index in [0.29, 0.717) is 12.2 Å². The van der Waals surface area contributed by atoms with Gasteiger partial charge in [0.2, 0.25) is 5.91 Å². The molecule has 0 saturated heterocycles. The summed E-state index contributed by atoms with van der Waals surface area (Å²) in [7, 11) is 0. The summed E-state index contributed by atoms with van der Waals surface area (Å²) in [6, 6.07) is 9.12. The summed E-state index contributed by atoms with van der Waals surface area (Å²) in [6.07, 6.45) is 2.16. The zero-order valence-corrected chi connectivity index (χ0v) is 10.2. The van der Waals surface area contributed by atoms with Gasteiger partial charge in [-0.3, -0.25) is 9.89 Å². The van der Waals surface area contributed by atoms with Crippen LogP contribution < -0.4 is 11.1 Å². The average Bonchev–Trinajstić information content (AvgIpc) is 2.76. The van der Waals surface area contributed by atoms with E-state index < -0.39 is 6.04 Å². The van der Waals surface area contributed by atoms with Gasteiger partial charge in [-0.25, -0.2) is 0 Å². The number of rotatable bonds is 4. The fourth-order valence-corrected chi connectivity index (χ4v) is 1.65. The SMILES string of the molecule is Cc1cn[nH]c1NC(=O)[C@@H](N)Cc1ccccc1. The van der Waals surface area contributed by atoms with Crippen LogP contribution in [0.15, 0.2) is 36.5 Å². The number of nitrogens with one attached hydrogen (secondary N) is 2. The molecule has 5 heteroatoms. The van der Waals surface area contributed by atoms with Gasteiger partial charge >= 0.3 is 0 Å². The van der Waals surface area contributed by atoms with Crippen molar-refractivity contribution in [2.75, 3.05) is 5.32 Å². The van der Waals surface area contributed by atoms with Crippen LogP contribution in [-0.2, 0) is 11.2 Å². The van der Waals surface area contributed by atoms with E-state index in [-0.39, 0.29) is 5.91 Å². The average molecular weight is 244 g/mol. The number of H-pyrrole nitrogens is 1. The molecule has 0 saturated carbocycles. The maximum Gasteiger partial charge on any atom is 0.242 e. The molecular formula is C13H16N4O. The van der Waals surface area contributed by atoms with Gasteiger partial charge in [0.15, 0.2) is 0 Å². The highest BCUT2D eigenvalue weighted by Gasteiger charge is 2.15. The van der Waals surface area contributed by atoms with Crippen LogP contribution in [0.2, 0.25) is 0 Å². The number of anilines is 1. The fraction of sp³-hybridized carbons (Fsp3) is 0.231. The van der Waals surface area contributed by atoms with Crippen LogP contribution >= 0.6 is 0 Å². The predicted octanol–water partition coefficient (Wildman–Crippen LogP) is 1.23. The van der Waals surface area contributed by atoms with E-state index in [4.69, 9.17) is 5.73 Å². The van der Waals surface area contributed by atoms with Gasteiger partial charge in [0.1, 0.15) is 5.82 Å². The van der Waals surface area contributed by atoms with Gasteiger partial charge in [0.25, 0.3) is 0 Å². The highest BCUT2D eigenvalue weighted by Crippen LogP contribution is 2.09. The highest BCUT2D eigenvalue weighted by atomic mass is 16.2. The van der Waals surface area contributed by atoms with Crippen LogP contribution in [0.25, 0.3) is 0 Å². The lowest BCUT2D eigenvalue weighted by Gasteiger charge is -2.11. The molecule has 94 valence electrons. The van der Waals surface area contributed by atoms with Crippen molar-refractivity contribution >= 4 is 11.7 Å². The van der Waals surface area contributed by atoms with Gasteiger partial charge in [-0.1, -0.05) is 30.3 Å². The summed E-state index contributed by atoms with van der Waals surface area (Å²) >= 11 is 0. The number of aromatic nitrogens is 2. The van der Waals surface area contributed by atoms with Crippen molar-refractivity contribution in [1.29, 1.82) is 0 Å². The number of aromatic amines is 1. The van der Waals surface area contributed by atoms with Crippen molar-refractivity contribution in [2.45, 2.75) is 19.4 Å². The van der Waals surface area contributed by atoms with Gasteiger partial charge in [-0.15, -0.1) is 0 Å². The van der Waals surface area contributed by atoms with E-state index in [9.17, 15) is 4.79 Å². The number of benzene rings is 1. The molecule has 0 aliphatic rings. The molecule has 5 nitrogen and oxygen atoms in total. The second-order valence-electron chi connectivity index (χ2n) is 4.21. The normalized spacial score (nSPS) is 12.1. The van der Waals surface area contributed by atoms with Gasteiger partial charge in [0, 0.05) is 5.56 Å². The predicted molar refractivity (Wildman–Crippen MR) is 70.1 cm³/mol. The second-order valence-corrected chi connectivity index (χ2v) is 4.21. The van der Waals surface area contributed by atoms with Gasteiger partial charge < -0.3 is 11.1 Å². The van der Waals surface area contributed by atoms with Crippen molar-refractivity contribution in [3.05, 3.63) is 47.7 Å². The Morgan fingerprint density at radius 2 is 2.17 bits per heavy atom. The Balaban J connectivity index is 1.95. The number of carbonyl (C=O) groups excluding carboxylic acids is 1. The van der Waals surface area contributed by atoms with Gasteiger partial charge in [-0.05, 0) is 18.9 Å². The molecule has 0 aliphatic heterocycles. The van der Waals surface area contributed by atoms with Crippen LogP contribution in [0.4, 0.5) is 5.82 Å². The Morgan fingerprint density at radius 3 is 2.78 bits per heavy atom. The van der Waals surface area contributed by atoms with Crippen molar-refractivity contribution in [1.82, 2.24) is 10.2 Å². The number of hydrogen-bond acceptors (Lipinski definition) is 3. The Hall–Kier alpha value is -2.14. The van der Waals surface area contributed by atoms with E-state index in [1.54, 1.807) is 6.20 Å². The number of carbonyl (C=O) groups is 1. The molecule has 2 rings (SSSR count). The molecule has 4 N–H and O–H groups in total. The Labute approximate surface area is 105 Å². The number of nitrogens with zero attached hydrogens (tertiary/aromatic N) is 1. The molecule has 1 aromatic heterocycles. The van der Waals surface area contributed by atoms with E-state index in [2.05, 4.69) is 15.5 Å². The number of aryl methyl sites for hydroxylation is 1. The Bertz CT molecular complexity index is 521. The summed E-state index contributed by atoms with van der Waals surface area (Å²) in [4.78, 5) is 11.9. The number of hydrogen-bond donors (Lipinski definition) is 3. The molecular weight excluding hydrogens is 228 g/mol. The molecule has 0 unspecified atom stereocenters. The maximum atomic E-state index is 11.9. The Morgan fingerprint density at radius 1 is 1.44 bits per heavy atom.